The molecule has 6 aliphatic heterocycles. The van der Waals surface area contributed by atoms with Crippen molar-refractivity contribution in [1.29, 1.82) is 0 Å². The molecule has 0 radical (unpaired) electrons. The average molecular weight is 1760 g/mol. The van der Waals surface area contributed by atoms with E-state index in [1.54, 1.807) is 0 Å². The molecule has 30 heteroatoms. The number of hydrogen-bond acceptors (Lipinski definition) is 18. The van der Waals surface area contributed by atoms with Crippen molar-refractivity contribution in [2.45, 2.75) is 89.9 Å². The number of fused-ring (bicyclic) bond motifs is 4. The maximum Gasteiger partial charge on any atom is 0.183 e. The Morgan fingerprint density at radius 2 is 0.648 bits per heavy atom. The van der Waals surface area contributed by atoms with Gasteiger partial charge in [0.25, 0.3) is 0 Å². The van der Waals surface area contributed by atoms with E-state index >= 15 is 0 Å². The number of nitrogens with zero attached hydrogens (tertiary/aromatic N) is 20. The summed E-state index contributed by atoms with van der Waals surface area (Å²) in [7, 11) is 0. The molecule has 14 heterocycles. The van der Waals surface area contributed by atoms with Gasteiger partial charge in [-0.15, -0.1) is 40.8 Å². The second kappa shape index (κ2) is 35.9. The molecule has 4 saturated heterocycles. The fraction of sp³-hybridized carbons (Fsp3) is 0.385. The van der Waals surface area contributed by atoms with Gasteiger partial charge >= 0.3 is 0 Å². The Bertz CT molecular complexity index is 5160. The average Bonchev–Trinajstić information content (AvgIpc) is 1.62. The molecule has 108 heavy (non-hydrogen) atoms. The van der Waals surface area contributed by atoms with Crippen molar-refractivity contribution < 1.29 is 18.3 Å². The van der Waals surface area contributed by atoms with Crippen LogP contribution in [0.25, 0.3) is 100 Å². The highest BCUT2D eigenvalue weighted by atomic mass is 127. The molecule has 2 atom stereocenters. The van der Waals surface area contributed by atoms with Crippen molar-refractivity contribution in [1.82, 2.24) is 99.5 Å². The number of halogens is 8. The van der Waals surface area contributed by atoms with Crippen LogP contribution in [0.15, 0.2) is 133 Å². The standard InChI is InChI=1S/C22H23ClFN5O.C22H24ClN5O.C17H16ClFIN5.C17H17ClIN5/c23-19-18-20(16-7-12-30-13-8-16)27-29(11-10-28-9-6-17(24)14-28)22(18)26-25-21(19)15-4-2-1-3-5-15;23-19-18-20(17-8-14-29-15-9-17)26-28(13-12-27-10-4-5-11-27)22(18)25-24-21(19)16-6-2-1-3-7-16;18-14-13-16(20)23-25(9-8-24-7-6-12(19)10-24)17(13)22-21-15(14)11-4-2-1-3-5-11;18-14-13-16(19)22-24(11-10-23-8-4-5-9-23)17(13)21-20-15(14)12-6-2-1-3-7-12/h1-5,7,17H,6,8-14H2;1-3,6-8H,4-5,9-15H2;1-5,12H,6-10H2;1-3,6-7H,4-5,8-11H2/t17-;;12-;/m1.1./s1. The van der Waals surface area contributed by atoms with Crippen LogP contribution in [0, 0.1) is 7.40 Å². The van der Waals surface area contributed by atoms with Crippen molar-refractivity contribution >= 4 is 147 Å². The molecule has 0 amide bonds. The molecule has 8 aromatic heterocycles. The molecule has 0 saturated carbocycles. The Kier molecular flexibility index (Phi) is 25.3. The fourth-order valence-corrected chi connectivity index (χ4v) is 17.7. The van der Waals surface area contributed by atoms with Crippen LogP contribution in [0.4, 0.5) is 8.78 Å². The first-order chi connectivity index (χ1) is 52.9. The first-order valence-electron chi connectivity index (χ1n) is 36.8. The zero-order valence-electron chi connectivity index (χ0n) is 59.4. The van der Waals surface area contributed by atoms with Gasteiger partial charge in [0.05, 0.1) is 106 Å². The molecule has 12 aromatic rings. The van der Waals surface area contributed by atoms with Gasteiger partial charge in [-0.1, -0.05) is 180 Å². The molecular weight excluding hydrogens is 1680 g/mol. The summed E-state index contributed by atoms with van der Waals surface area (Å²) in [5, 5.41) is 60.3. The molecule has 18 rings (SSSR count). The largest absolute Gasteiger partial charge is 0.377 e. The van der Waals surface area contributed by atoms with Crippen LogP contribution in [0.2, 0.25) is 20.1 Å². The predicted molar refractivity (Wildman–Crippen MR) is 439 cm³/mol. The molecule has 0 unspecified atom stereocenters. The Balaban J connectivity index is 0.000000115. The van der Waals surface area contributed by atoms with Crippen LogP contribution >= 0.6 is 91.6 Å². The third kappa shape index (κ3) is 17.4. The maximum absolute atomic E-state index is 13.5. The van der Waals surface area contributed by atoms with Gasteiger partial charge in [0, 0.05) is 74.6 Å². The number of rotatable bonds is 18. The van der Waals surface area contributed by atoms with Gasteiger partial charge in [0.2, 0.25) is 0 Å². The van der Waals surface area contributed by atoms with Gasteiger partial charge < -0.3 is 19.3 Å². The Morgan fingerprint density at radius 1 is 0.352 bits per heavy atom. The van der Waals surface area contributed by atoms with Crippen LogP contribution in [-0.4, -0.2) is 217 Å². The minimum absolute atomic E-state index is 0.485. The predicted octanol–water partition coefficient (Wildman–Crippen LogP) is 15.7. The zero-order valence-corrected chi connectivity index (χ0v) is 66.8. The lowest BCUT2D eigenvalue weighted by molar-refractivity contribution is 0.161. The highest BCUT2D eigenvalue weighted by Gasteiger charge is 2.29. The molecule has 0 bridgehead atoms. The molecular formula is C78H80Cl4F2I2N20O2. The second-order valence-electron chi connectivity index (χ2n) is 27.5. The van der Waals surface area contributed by atoms with E-state index in [1.807, 2.05) is 140 Å². The number of ether oxygens (including phenoxy) is 2. The van der Waals surface area contributed by atoms with Crippen molar-refractivity contribution in [2.24, 2.45) is 0 Å². The third-order valence-corrected chi connectivity index (χ3v) is 23.4. The van der Waals surface area contributed by atoms with E-state index in [1.165, 1.54) is 57.4 Å². The van der Waals surface area contributed by atoms with Crippen LogP contribution in [-0.2, 0) is 35.7 Å². The van der Waals surface area contributed by atoms with Crippen molar-refractivity contribution in [2.75, 3.05) is 105 Å². The molecule has 0 spiro atoms. The maximum atomic E-state index is 13.5. The quantitative estimate of drug-likeness (QED) is 0.0732. The number of alkyl halides is 2. The smallest absolute Gasteiger partial charge is 0.183 e. The number of benzene rings is 4. The van der Waals surface area contributed by atoms with Crippen LogP contribution in [0.1, 0.15) is 62.8 Å². The van der Waals surface area contributed by atoms with Gasteiger partial charge in [-0.3, -0.25) is 9.80 Å². The van der Waals surface area contributed by atoms with Crippen LogP contribution in [0.3, 0.4) is 0 Å². The van der Waals surface area contributed by atoms with Crippen LogP contribution in [0.5, 0.6) is 0 Å². The molecule has 6 aliphatic rings. The van der Waals surface area contributed by atoms with Crippen molar-refractivity contribution in [3.05, 3.63) is 172 Å². The summed E-state index contributed by atoms with van der Waals surface area (Å²) in [5.41, 5.74) is 13.4. The molecule has 4 fully saturated rings. The second-order valence-corrected chi connectivity index (χ2v) is 31.0. The Labute approximate surface area is 671 Å². The Hall–Kier alpha value is -7.20. The molecule has 4 aromatic carbocycles. The SMILES string of the molecule is Clc1c(-c2ccccc2)nnc2c1c(C1=CCOCC1)nn2CCN1CCCC1.Clc1c(-c2ccccc2)nnc2c1c(I)nn2CCN1CCCC1.F[C@@H]1CCN(CCn2nc(C3=CCOCC3)c3c(Cl)c(-c4ccccc4)nnc32)C1.F[C@@H]1CCN(CCn2nc(I)c3c(Cl)c(-c4ccccc4)nnc32)C1. The molecule has 22 nitrogen and oxygen atoms in total. The summed E-state index contributed by atoms with van der Waals surface area (Å²) < 4.78 is 47.1. The van der Waals surface area contributed by atoms with E-state index in [0.717, 1.165) is 145 Å². The van der Waals surface area contributed by atoms with Crippen LogP contribution < -0.4 is 0 Å². The Morgan fingerprint density at radius 3 is 0.944 bits per heavy atom. The topological polar surface area (TPSA) is 206 Å². The zero-order chi connectivity index (χ0) is 74.0. The van der Waals surface area contributed by atoms with E-state index in [-0.39, 0.29) is 0 Å². The lowest BCUT2D eigenvalue weighted by Gasteiger charge is -2.14. The van der Waals surface area contributed by atoms with Gasteiger partial charge in [-0.05, 0) is 134 Å². The third-order valence-electron chi connectivity index (χ3n) is 20.4. The van der Waals surface area contributed by atoms with Crippen molar-refractivity contribution in [3.63, 3.8) is 0 Å². The number of likely N-dealkylation sites (tertiary alicyclic amines) is 4. The number of hydrogen-bond donors (Lipinski definition) is 0. The van der Waals surface area contributed by atoms with E-state index in [0.29, 0.717) is 120 Å². The van der Waals surface area contributed by atoms with Gasteiger partial charge in [0.15, 0.2) is 22.6 Å². The number of aromatic nitrogens is 16. The molecule has 0 aliphatic carbocycles. The minimum atomic E-state index is -0.731. The lowest BCUT2D eigenvalue weighted by atomic mass is 10.0. The summed E-state index contributed by atoms with van der Waals surface area (Å²) in [6, 6.07) is 39.4. The summed E-state index contributed by atoms with van der Waals surface area (Å²) in [6.45, 7) is 16.1. The molecule has 560 valence electrons. The first-order valence-corrected chi connectivity index (χ1v) is 40.5. The summed E-state index contributed by atoms with van der Waals surface area (Å²) in [5.74, 6) is 0. The van der Waals surface area contributed by atoms with Gasteiger partial charge in [-0.25, -0.2) is 27.5 Å². The lowest BCUT2D eigenvalue weighted by Crippen LogP contribution is -2.26. The molecule has 0 N–H and O–H groups in total. The van der Waals surface area contributed by atoms with E-state index < -0.39 is 12.3 Å². The van der Waals surface area contributed by atoms with E-state index in [2.05, 4.69) is 128 Å². The fourth-order valence-electron chi connectivity index (χ4n) is 14.6. The van der Waals surface area contributed by atoms with Gasteiger partial charge in [0.1, 0.15) is 42.5 Å². The minimum Gasteiger partial charge on any atom is -0.377 e. The van der Waals surface area contributed by atoms with Gasteiger partial charge in [-0.2, -0.15) is 20.4 Å². The normalized spacial score (nSPS) is 18.0. The summed E-state index contributed by atoms with van der Waals surface area (Å²) in [4.78, 5) is 9.18. The first kappa shape index (κ1) is 76.2. The highest BCUT2D eigenvalue weighted by Crippen LogP contribution is 2.41. The highest BCUT2D eigenvalue weighted by molar-refractivity contribution is 14.1. The van der Waals surface area contributed by atoms with E-state index in [9.17, 15) is 8.78 Å². The monoisotopic (exact) mass is 1760 g/mol. The van der Waals surface area contributed by atoms with Crippen molar-refractivity contribution in [3.8, 4) is 45.0 Å². The summed E-state index contributed by atoms with van der Waals surface area (Å²) in [6.07, 6.45) is 10.7. The van der Waals surface area contributed by atoms with E-state index in [4.69, 9.17) is 66.1 Å². The summed E-state index contributed by atoms with van der Waals surface area (Å²) >= 11 is 31.5.